The summed E-state index contributed by atoms with van der Waals surface area (Å²) in [4.78, 5) is 14.5. The van der Waals surface area contributed by atoms with Gasteiger partial charge in [-0.15, -0.1) is 4.40 Å². The van der Waals surface area contributed by atoms with Gasteiger partial charge < -0.3 is 0 Å². The van der Waals surface area contributed by atoms with Crippen LogP contribution < -0.4 is 0 Å². The Hall–Kier alpha value is -1.90. The van der Waals surface area contributed by atoms with E-state index >= 15 is 0 Å². The summed E-state index contributed by atoms with van der Waals surface area (Å²) in [6.07, 6.45) is 1.74. The smallest absolute Gasteiger partial charge is 0.284 e. The van der Waals surface area contributed by atoms with Gasteiger partial charge in [0, 0.05) is 11.0 Å². The van der Waals surface area contributed by atoms with Crippen LogP contribution in [-0.4, -0.2) is 30.9 Å². The number of likely N-dealkylation sites (N-methyl/N-ethyl adjacent to an activating group) is 1. The van der Waals surface area contributed by atoms with Crippen LogP contribution in [0.4, 0.5) is 0 Å². The van der Waals surface area contributed by atoms with Crippen molar-refractivity contribution < 1.29 is 13.2 Å². The van der Waals surface area contributed by atoms with Gasteiger partial charge in [0.2, 0.25) is 0 Å². The molecule has 1 saturated heterocycles. The molecule has 1 fully saturated rings. The third-order valence-electron chi connectivity index (χ3n) is 3.61. The highest BCUT2D eigenvalue weighted by atomic mass is 79.9. The van der Waals surface area contributed by atoms with Gasteiger partial charge in [-0.25, -0.2) is 0 Å². The van der Waals surface area contributed by atoms with Crippen LogP contribution in [0.1, 0.15) is 12.5 Å². The second kappa shape index (κ2) is 7.77. The van der Waals surface area contributed by atoms with Gasteiger partial charge in [0.25, 0.3) is 15.9 Å². The molecule has 0 aromatic heterocycles. The summed E-state index contributed by atoms with van der Waals surface area (Å²) in [5, 5.41) is 0.169. The van der Waals surface area contributed by atoms with Crippen molar-refractivity contribution in [3.05, 3.63) is 69.5 Å². The minimum Gasteiger partial charge on any atom is -0.286 e. The lowest BCUT2D eigenvalue weighted by atomic mass is 10.2. The van der Waals surface area contributed by atoms with E-state index < -0.39 is 10.0 Å². The van der Waals surface area contributed by atoms with Crippen molar-refractivity contribution in [3.8, 4) is 0 Å². The van der Waals surface area contributed by atoms with E-state index in [1.807, 2.05) is 30.3 Å². The topological polar surface area (TPSA) is 66.8 Å². The Kier molecular flexibility index (Phi) is 5.64. The molecule has 0 bridgehead atoms. The van der Waals surface area contributed by atoms with Gasteiger partial charge in [-0.1, -0.05) is 46.3 Å². The maximum atomic E-state index is 12.6. The zero-order chi connectivity index (χ0) is 18.7. The first-order chi connectivity index (χ1) is 12.4. The van der Waals surface area contributed by atoms with E-state index in [2.05, 4.69) is 20.3 Å². The quantitative estimate of drug-likeness (QED) is 0.656. The molecule has 0 aliphatic carbocycles. The molecule has 1 aliphatic heterocycles. The number of sulfonamides is 1. The Morgan fingerprint density at radius 1 is 1.12 bits per heavy atom. The van der Waals surface area contributed by atoms with E-state index in [1.54, 1.807) is 25.1 Å². The highest BCUT2D eigenvalue weighted by molar-refractivity contribution is 9.10. The molecule has 0 saturated carbocycles. The Morgan fingerprint density at radius 2 is 1.77 bits per heavy atom. The molecule has 134 valence electrons. The number of rotatable bonds is 4. The molecule has 1 heterocycles. The van der Waals surface area contributed by atoms with Crippen LogP contribution in [0.25, 0.3) is 6.08 Å². The zero-order valence-electron chi connectivity index (χ0n) is 13.8. The van der Waals surface area contributed by atoms with Gasteiger partial charge in [-0.05, 0) is 54.6 Å². The highest BCUT2D eigenvalue weighted by Gasteiger charge is 2.33. The summed E-state index contributed by atoms with van der Waals surface area (Å²) in [6, 6.07) is 15.6. The number of amidine groups is 1. The molecule has 0 unspecified atom stereocenters. The number of hydrogen-bond acceptors (Lipinski definition) is 4. The maximum Gasteiger partial charge on any atom is 0.284 e. The number of halogens is 1. The van der Waals surface area contributed by atoms with Crippen molar-refractivity contribution in [2.24, 2.45) is 4.40 Å². The normalized spacial score (nSPS) is 18.1. The third kappa shape index (κ3) is 4.08. The molecule has 2 aromatic rings. The highest BCUT2D eigenvalue weighted by Crippen LogP contribution is 2.33. The average molecular weight is 451 g/mol. The Morgan fingerprint density at radius 3 is 2.38 bits per heavy atom. The molecular formula is C18H15BrN2O3S2. The van der Waals surface area contributed by atoms with Crippen molar-refractivity contribution in [1.82, 2.24) is 4.90 Å². The number of nitrogens with zero attached hydrogens (tertiary/aromatic N) is 2. The average Bonchev–Trinajstić information content (AvgIpc) is 2.90. The molecule has 3 rings (SSSR count). The summed E-state index contributed by atoms with van der Waals surface area (Å²) in [5.74, 6) is -0.244. The van der Waals surface area contributed by atoms with E-state index in [-0.39, 0.29) is 16.0 Å². The second-order valence-electron chi connectivity index (χ2n) is 5.37. The molecule has 0 radical (unpaired) electrons. The van der Waals surface area contributed by atoms with Crippen LogP contribution in [0.2, 0.25) is 0 Å². The predicted molar refractivity (Wildman–Crippen MR) is 108 cm³/mol. The number of carbonyl (C=O) groups is 1. The fourth-order valence-electron chi connectivity index (χ4n) is 2.32. The van der Waals surface area contributed by atoms with Gasteiger partial charge in [0.15, 0.2) is 5.17 Å². The van der Waals surface area contributed by atoms with Crippen molar-refractivity contribution in [1.29, 1.82) is 0 Å². The lowest BCUT2D eigenvalue weighted by Gasteiger charge is -2.11. The fourth-order valence-corrected chi connectivity index (χ4v) is 4.83. The number of benzene rings is 2. The molecule has 0 spiro atoms. The molecule has 0 N–H and O–H groups in total. The maximum absolute atomic E-state index is 12.6. The molecule has 1 aliphatic rings. The van der Waals surface area contributed by atoms with Crippen LogP contribution >= 0.6 is 27.7 Å². The van der Waals surface area contributed by atoms with Crippen molar-refractivity contribution in [2.45, 2.75) is 11.8 Å². The molecule has 1 amide bonds. The molecule has 5 nitrogen and oxygen atoms in total. The van der Waals surface area contributed by atoms with Crippen molar-refractivity contribution in [2.75, 3.05) is 6.54 Å². The number of amides is 1. The van der Waals surface area contributed by atoms with E-state index in [4.69, 9.17) is 0 Å². The Balaban J connectivity index is 1.96. The monoisotopic (exact) mass is 450 g/mol. The SMILES string of the molecule is CCN1C(=O)C(=Cc2ccccc2)SC1=NS(=O)(=O)c1ccc(Br)cc1. The third-order valence-corrected chi connectivity index (χ3v) is 6.54. The lowest BCUT2D eigenvalue weighted by Crippen LogP contribution is -2.29. The summed E-state index contributed by atoms with van der Waals surface area (Å²) < 4.78 is 29.8. The van der Waals surface area contributed by atoms with E-state index in [0.29, 0.717) is 11.4 Å². The summed E-state index contributed by atoms with van der Waals surface area (Å²) in [6.45, 7) is 2.12. The van der Waals surface area contributed by atoms with E-state index in [1.165, 1.54) is 17.0 Å². The first-order valence-corrected chi connectivity index (χ1v) is 10.8. The van der Waals surface area contributed by atoms with Crippen LogP contribution in [0.3, 0.4) is 0 Å². The summed E-state index contributed by atoms with van der Waals surface area (Å²) in [5.41, 5.74) is 0.872. The standard InChI is InChI=1S/C18H15BrN2O3S2/c1-2-21-17(22)16(12-13-6-4-3-5-7-13)25-18(21)20-26(23,24)15-10-8-14(19)9-11-15/h3-12H,2H2,1H3. The molecule has 2 aromatic carbocycles. The minimum atomic E-state index is -3.90. The first-order valence-electron chi connectivity index (χ1n) is 7.77. The largest absolute Gasteiger partial charge is 0.286 e. The van der Waals surface area contributed by atoms with Crippen LogP contribution in [0, 0.1) is 0 Å². The van der Waals surface area contributed by atoms with Crippen LogP contribution in [0.15, 0.2) is 73.3 Å². The number of thioether (sulfide) groups is 1. The van der Waals surface area contributed by atoms with Gasteiger partial charge in [-0.2, -0.15) is 8.42 Å². The second-order valence-corrected chi connectivity index (χ2v) is 8.90. The molecule has 0 atom stereocenters. The van der Waals surface area contributed by atoms with E-state index in [0.717, 1.165) is 21.8 Å². The number of hydrogen-bond donors (Lipinski definition) is 0. The minimum absolute atomic E-state index is 0.0813. The Labute approximate surface area is 165 Å². The molecule has 26 heavy (non-hydrogen) atoms. The van der Waals surface area contributed by atoms with Crippen molar-refractivity contribution in [3.63, 3.8) is 0 Å². The van der Waals surface area contributed by atoms with Gasteiger partial charge in [0.1, 0.15) is 0 Å². The van der Waals surface area contributed by atoms with E-state index in [9.17, 15) is 13.2 Å². The van der Waals surface area contributed by atoms with Crippen LogP contribution in [-0.2, 0) is 14.8 Å². The van der Waals surface area contributed by atoms with Gasteiger partial charge in [-0.3, -0.25) is 9.69 Å². The first kappa shape index (κ1) is 18.9. The fraction of sp³-hybridized carbons (Fsp3) is 0.111. The summed E-state index contributed by atoms with van der Waals surface area (Å²) in [7, 11) is -3.90. The number of carbonyl (C=O) groups excluding carboxylic acids is 1. The van der Waals surface area contributed by atoms with Crippen molar-refractivity contribution >= 4 is 54.9 Å². The summed E-state index contributed by atoms with van der Waals surface area (Å²) >= 11 is 4.34. The Bertz CT molecular complexity index is 985. The van der Waals surface area contributed by atoms with Gasteiger partial charge in [0.05, 0.1) is 9.80 Å². The predicted octanol–water partition coefficient (Wildman–Crippen LogP) is 4.13. The molecule has 8 heteroatoms. The van der Waals surface area contributed by atoms with Gasteiger partial charge >= 0.3 is 0 Å². The lowest BCUT2D eigenvalue weighted by molar-refractivity contribution is -0.122. The molecular weight excluding hydrogens is 436 g/mol. The zero-order valence-corrected chi connectivity index (χ0v) is 17.0. The van der Waals surface area contributed by atoms with Crippen LogP contribution in [0.5, 0.6) is 0 Å².